The van der Waals surface area contributed by atoms with E-state index in [9.17, 15) is 4.39 Å². The molecule has 0 heterocycles. The molecule has 2 rings (SSSR count). The zero-order valence-electron chi connectivity index (χ0n) is 11.0. The van der Waals surface area contributed by atoms with Crippen molar-refractivity contribution in [3.05, 3.63) is 69.5 Å². The number of hydrogen-bond acceptors (Lipinski definition) is 1. The highest BCUT2D eigenvalue weighted by molar-refractivity contribution is 6.31. The van der Waals surface area contributed by atoms with E-state index >= 15 is 0 Å². The molecule has 0 fully saturated rings. The Bertz CT molecular complexity index is 569. The number of halogens is 3. The Balaban J connectivity index is 2.08. The summed E-state index contributed by atoms with van der Waals surface area (Å²) in [5.74, 6) is -0.0536. The first-order valence-electron chi connectivity index (χ1n) is 6.47. The molecule has 0 amide bonds. The maximum absolute atomic E-state index is 13.3. The predicted molar refractivity (Wildman–Crippen MR) is 82.8 cm³/mol. The molecule has 2 aromatic rings. The number of hydrogen-bond donors (Lipinski definition) is 1. The average Bonchev–Trinajstić information content (AvgIpc) is 2.44. The monoisotopic (exact) mass is 311 g/mol. The summed E-state index contributed by atoms with van der Waals surface area (Å²) in [5, 5.41) is 1.30. The third-order valence-corrected chi connectivity index (χ3v) is 3.91. The molecule has 2 N–H and O–H groups in total. The van der Waals surface area contributed by atoms with E-state index in [1.165, 1.54) is 12.1 Å². The molecule has 0 radical (unpaired) electrons. The van der Waals surface area contributed by atoms with Crippen molar-refractivity contribution in [2.24, 2.45) is 11.7 Å². The Morgan fingerprint density at radius 2 is 1.70 bits per heavy atom. The van der Waals surface area contributed by atoms with Crippen LogP contribution in [0.25, 0.3) is 0 Å². The molecule has 0 spiro atoms. The van der Waals surface area contributed by atoms with Crippen LogP contribution in [0.2, 0.25) is 10.0 Å². The minimum absolute atomic E-state index is 0.218. The summed E-state index contributed by atoms with van der Waals surface area (Å²) in [7, 11) is 0. The largest absolute Gasteiger partial charge is 0.330 e. The van der Waals surface area contributed by atoms with Gasteiger partial charge in [-0.1, -0.05) is 35.3 Å². The molecule has 0 bridgehead atoms. The molecule has 0 aliphatic carbocycles. The van der Waals surface area contributed by atoms with Gasteiger partial charge in [0.15, 0.2) is 0 Å². The lowest BCUT2D eigenvalue weighted by atomic mass is 9.92. The number of nitrogens with two attached hydrogens (primary N) is 1. The van der Waals surface area contributed by atoms with Crippen LogP contribution in [0.3, 0.4) is 0 Å². The van der Waals surface area contributed by atoms with Crippen molar-refractivity contribution >= 4 is 23.2 Å². The van der Waals surface area contributed by atoms with Crippen LogP contribution in [0, 0.1) is 11.7 Å². The molecular weight excluding hydrogens is 296 g/mol. The molecule has 1 atom stereocenters. The molecule has 20 heavy (non-hydrogen) atoms. The summed E-state index contributed by atoms with van der Waals surface area (Å²) in [6.07, 6.45) is 1.48. The van der Waals surface area contributed by atoms with Gasteiger partial charge in [0, 0.05) is 10.0 Å². The van der Waals surface area contributed by atoms with Gasteiger partial charge in [-0.15, -0.1) is 0 Å². The van der Waals surface area contributed by atoms with Gasteiger partial charge in [-0.3, -0.25) is 0 Å². The zero-order chi connectivity index (χ0) is 14.5. The second-order valence-electron chi connectivity index (χ2n) is 4.87. The summed E-state index contributed by atoms with van der Waals surface area (Å²) in [6.45, 7) is 0.523. The van der Waals surface area contributed by atoms with Crippen LogP contribution in [-0.4, -0.2) is 6.54 Å². The molecule has 4 heteroatoms. The topological polar surface area (TPSA) is 26.0 Å². The van der Waals surface area contributed by atoms with Crippen molar-refractivity contribution in [3.8, 4) is 0 Å². The quantitative estimate of drug-likeness (QED) is 0.865. The van der Waals surface area contributed by atoms with E-state index in [0.717, 1.165) is 17.5 Å². The van der Waals surface area contributed by atoms with Crippen LogP contribution in [0.5, 0.6) is 0 Å². The molecule has 2 aromatic carbocycles. The van der Waals surface area contributed by atoms with Gasteiger partial charge < -0.3 is 5.73 Å². The summed E-state index contributed by atoms with van der Waals surface area (Å²) in [6, 6.07) is 12.1. The fourth-order valence-corrected chi connectivity index (χ4v) is 2.52. The molecule has 1 nitrogen and oxygen atoms in total. The van der Waals surface area contributed by atoms with Gasteiger partial charge >= 0.3 is 0 Å². The van der Waals surface area contributed by atoms with Crippen LogP contribution in [0.4, 0.5) is 4.39 Å². The van der Waals surface area contributed by atoms with E-state index in [-0.39, 0.29) is 11.7 Å². The van der Waals surface area contributed by atoms with Gasteiger partial charge in [-0.25, -0.2) is 4.39 Å². The van der Waals surface area contributed by atoms with E-state index in [4.69, 9.17) is 28.9 Å². The average molecular weight is 312 g/mol. The minimum Gasteiger partial charge on any atom is -0.330 e. The summed E-state index contributed by atoms with van der Waals surface area (Å²) in [4.78, 5) is 0. The molecule has 0 aliphatic rings. The van der Waals surface area contributed by atoms with Gasteiger partial charge in [0.1, 0.15) is 5.82 Å². The van der Waals surface area contributed by atoms with Crippen molar-refractivity contribution in [1.29, 1.82) is 0 Å². The van der Waals surface area contributed by atoms with E-state index < -0.39 is 0 Å². The van der Waals surface area contributed by atoms with Crippen molar-refractivity contribution in [3.63, 3.8) is 0 Å². The molecule has 0 aromatic heterocycles. The van der Waals surface area contributed by atoms with E-state index in [1.807, 2.05) is 24.3 Å². The van der Waals surface area contributed by atoms with Crippen molar-refractivity contribution < 1.29 is 4.39 Å². The van der Waals surface area contributed by atoms with Crippen LogP contribution in [0.1, 0.15) is 11.1 Å². The van der Waals surface area contributed by atoms with E-state index in [0.29, 0.717) is 23.0 Å². The van der Waals surface area contributed by atoms with Crippen LogP contribution in [-0.2, 0) is 12.8 Å². The van der Waals surface area contributed by atoms with Gasteiger partial charge in [-0.05, 0) is 66.8 Å². The molecule has 0 saturated carbocycles. The highest BCUT2D eigenvalue weighted by Gasteiger charge is 2.12. The second kappa shape index (κ2) is 7.07. The van der Waals surface area contributed by atoms with Gasteiger partial charge in [-0.2, -0.15) is 0 Å². The fourth-order valence-electron chi connectivity index (χ4n) is 2.20. The van der Waals surface area contributed by atoms with Crippen molar-refractivity contribution in [2.75, 3.05) is 6.54 Å². The SMILES string of the molecule is NCC(Cc1ccc(Cl)cc1)Cc1cc(F)ccc1Cl. The Labute approximate surface area is 128 Å². The Hall–Kier alpha value is -1.09. The molecule has 0 aliphatic heterocycles. The fraction of sp³-hybridized carbons (Fsp3) is 0.250. The molecule has 106 valence electrons. The third kappa shape index (κ3) is 4.20. The Morgan fingerprint density at radius 1 is 1.00 bits per heavy atom. The third-order valence-electron chi connectivity index (χ3n) is 3.29. The smallest absolute Gasteiger partial charge is 0.123 e. The van der Waals surface area contributed by atoms with Crippen molar-refractivity contribution in [2.45, 2.75) is 12.8 Å². The lowest BCUT2D eigenvalue weighted by Crippen LogP contribution is -2.19. The van der Waals surface area contributed by atoms with Gasteiger partial charge in [0.25, 0.3) is 0 Å². The molecule has 0 saturated heterocycles. The van der Waals surface area contributed by atoms with Crippen LogP contribution >= 0.6 is 23.2 Å². The lowest BCUT2D eigenvalue weighted by molar-refractivity contribution is 0.530. The van der Waals surface area contributed by atoms with Crippen LogP contribution < -0.4 is 5.73 Å². The molecule has 1 unspecified atom stereocenters. The lowest BCUT2D eigenvalue weighted by Gasteiger charge is -2.16. The number of benzene rings is 2. The maximum Gasteiger partial charge on any atom is 0.123 e. The van der Waals surface area contributed by atoms with E-state index in [2.05, 4.69) is 0 Å². The summed E-state index contributed by atoms with van der Waals surface area (Å²) in [5.41, 5.74) is 7.79. The zero-order valence-corrected chi connectivity index (χ0v) is 12.5. The minimum atomic E-state index is -0.272. The summed E-state index contributed by atoms with van der Waals surface area (Å²) >= 11 is 12.0. The first kappa shape index (κ1) is 15.3. The van der Waals surface area contributed by atoms with Crippen LogP contribution in [0.15, 0.2) is 42.5 Å². The first-order valence-corrected chi connectivity index (χ1v) is 7.22. The van der Waals surface area contributed by atoms with Gasteiger partial charge in [0.05, 0.1) is 0 Å². The van der Waals surface area contributed by atoms with E-state index in [1.54, 1.807) is 6.07 Å². The Kier molecular flexibility index (Phi) is 5.41. The molecular formula is C16H16Cl2FN. The van der Waals surface area contributed by atoms with Crippen molar-refractivity contribution in [1.82, 2.24) is 0 Å². The summed E-state index contributed by atoms with van der Waals surface area (Å²) < 4.78 is 13.3. The first-order chi connectivity index (χ1) is 9.58. The second-order valence-corrected chi connectivity index (χ2v) is 5.72. The van der Waals surface area contributed by atoms with Gasteiger partial charge in [0.2, 0.25) is 0 Å². The number of rotatable bonds is 5. The normalized spacial score (nSPS) is 12.4. The Morgan fingerprint density at radius 3 is 2.35 bits per heavy atom. The highest BCUT2D eigenvalue weighted by atomic mass is 35.5. The standard InChI is InChI=1S/C16H16Cl2FN/c17-14-3-1-11(2-4-14)7-12(10-20)8-13-9-15(19)5-6-16(13)18/h1-6,9,12H,7-8,10,20H2. The predicted octanol–water partition coefficient (Wildman–Crippen LogP) is 4.49. The highest BCUT2D eigenvalue weighted by Crippen LogP contribution is 2.22. The maximum atomic E-state index is 13.3.